The van der Waals surface area contributed by atoms with Gasteiger partial charge in [-0.3, -0.25) is 9.48 Å². The quantitative estimate of drug-likeness (QED) is 0.737. The monoisotopic (exact) mass is 338 g/mol. The standard InChI is InChI=1S/C19H22N4O2/c1-3-25-15-12-22-10-6-7-14(22)11-23(13-15)19(24)18-16-8-4-5-9-17(16)21(2)20-18/h4-10,15H,3,11-13H2,1-2H3/t15-/m1/s1. The van der Waals surface area contributed by atoms with Gasteiger partial charge in [0.15, 0.2) is 5.69 Å². The lowest BCUT2D eigenvalue weighted by atomic mass is 10.2. The van der Waals surface area contributed by atoms with E-state index in [9.17, 15) is 4.79 Å². The molecular weight excluding hydrogens is 316 g/mol. The van der Waals surface area contributed by atoms with Crippen molar-refractivity contribution in [3.05, 3.63) is 54.0 Å². The maximum absolute atomic E-state index is 13.2. The number of nitrogens with zero attached hydrogens (tertiary/aromatic N) is 4. The molecular formula is C19H22N4O2. The third kappa shape index (κ3) is 2.82. The van der Waals surface area contributed by atoms with Gasteiger partial charge in [0.1, 0.15) is 0 Å². The van der Waals surface area contributed by atoms with E-state index >= 15 is 0 Å². The highest BCUT2D eigenvalue weighted by Gasteiger charge is 2.28. The first-order valence-electron chi connectivity index (χ1n) is 8.64. The molecule has 1 amide bonds. The first kappa shape index (κ1) is 15.9. The van der Waals surface area contributed by atoms with Crippen molar-refractivity contribution in [2.75, 3.05) is 13.2 Å². The fourth-order valence-corrected chi connectivity index (χ4v) is 3.57. The Labute approximate surface area is 146 Å². The Balaban J connectivity index is 1.70. The highest BCUT2D eigenvalue weighted by Crippen LogP contribution is 2.22. The molecule has 0 N–H and O–H groups in total. The van der Waals surface area contributed by atoms with Crippen LogP contribution < -0.4 is 0 Å². The minimum absolute atomic E-state index is 0.0161. The largest absolute Gasteiger partial charge is 0.375 e. The Morgan fingerprint density at radius 2 is 2.08 bits per heavy atom. The summed E-state index contributed by atoms with van der Waals surface area (Å²) in [4.78, 5) is 15.1. The lowest BCUT2D eigenvalue weighted by molar-refractivity contribution is 0.0257. The second kappa shape index (κ2) is 6.37. The Bertz CT molecular complexity index is 911. The van der Waals surface area contributed by atoms with Gasteiger partial charge in [0.05, 0.1) is 24.7 Å². The van der Waals surface area contributed by atoms with Crippen molar-refractivity contribution in [3.8, 4) is 0 Å². The number of aromatic nitrogens is 3. The Morgan fingerprint density at radius 1 is 1.24 bits per heavy atom. The van der Waals surface area contributed by atoms with Crippen LogP contribution in [-0.2, 0) is 24.9 Å². The van der Waals surface area contributed by atoms with Gasteiger partial charge in [0.25, 0.3) is 5.91 Å². The molecule has 4 rings (SSSR count). The zero-order chi connectivity index (χ0) is 17.4. The Morgan fingerprint density at radius 3 is 2.92 bits per heavy atom. The molecule has 0 bridgehead atoms. The van der Waals surface area contributed by atoms with E-state index in [1.807, 2.05) is 55.4 Å². The van der Waals surface area contributed by atoms with Crippen molar-refractivity contribution in [3.63, 3.8) is 0 Å². The van der Waals surface area contributed by atoms with E-state index in [4.69, 9.17) is 4.74 Å². The molecule has 0 radical (unpaired) electrons. The van der Waals surface area contributed by atoms with Crippen LogP contribution in [0.1, 0.15) is 23.1 Å². The van der Waals surface area contributed by atoms with Crippen LogP contribution in [0.4, 0.5) is 0 Å². The first-order valence-corrected chi connectivity index (χ1v) is 8.64. The van der Waals surface area contributed by atoms with Crippen molar-refractivity contribution >= 4 is 16.8 Å². The van der Waals surface area contributed by atoms with Gasteiger partial charge in [0, 0.05) is 37.5 Å². The minimum atomic E-state index is -0.0452. The molecule has 0 unspecified atom stereocenters. The van der Waals surface area contributed by atoms with Crippen LogP contribution >= 0.6 is 0 Å². The predicted molar refractivity (Wildman–Crippen MR) is 95.3 cm³/mol. The molecule has 3 heterocycles. The second-order valence-corrected chi connectivity index (χ2v) is 6.40. The number of aryl methyl sites for hydroxylation is 1. The third-order valence-corrected chi connectivity index (χ3v) is 4.75. The number of hydrogen-bond donors (Lipinski definition) is 0. The summed E-state index contributed by atoms with van der Waals surface area (Å²) in [6.07, 6.45) is 2.03. The van der Waals surface area contributed by atoms with Gasteiger partial charge >= 0.3 is 0 Å². The number of carbonyl (C=O) groups excluding carboxylic acids is 1. The van der Waals surface area contributed by atoms with Crippen LogP contribution in [0.5, 0.6) is 0 Å². The lowest BCUT2D eigenvalue weighted by Crippen LogP contribution is -2.37. The summed E-state index contributed by atoms with van der Waals surface area (Å²) in [5, 5.41) is 5.38. The number of carbonyl (C=O) groups is 1. The Hall–Kier alpha value is -2.60. The summed E-state index contributed by atoms with van der Waals surface area (Å²) in [6.45, 7) is 4.53. The number of hydrogen-bond acceptors (Lipinski definition) is 3. The van der Waals surface area contributed by atoms with Crippen LogP contribution in [0.25, 0.3) is 10.9 Å². The number of fused-ring (bicyclic) bond motifs is 2. The highest BCUT2D eigenvalue weighted by molar-refractivity contribution is 6.04. The van der Waals surface area contributed by atoms with E-state index < -0.39 is 0 Å². The van der Waals surface area contributed by atoms with Gasteiger partial charge in [-0.2, -0.15) is 5.10 Å². The van der Waals surface area contributed by atoms with Crippen LogP contribution in [0.15, 0.2) is 42.6 Å². The molecule has 1 atom stereocenters. The normalized spacial score (nSPS) is 17.5. The molecule has 3 aromatic rings. The second-order valence-electron chi connectivity index (χ2n) is 6.40. The molecule has 25 heavy (non-hydrogen) atoms. The zero-order valence-corrected chi connectivity index (χ0v) is 14.6. The highest BCUT2D eigenvalue weighted by atomic mass is 16.5. The van der Waals surface area contributed by atoms with Crippen molar-refractivity contribution in [1.82, 2.24) is 19.2 Å². The SMILES string of the molecule is CCO[C@H]1CN(C(=O)c2nn(C)c3ccccc23)Cc2cccn2C1. The van der Waals surface area contributed by atoms with Crippen LogP contribution in [0.3, 0.4) is 0 Å². The van der Waals surface area contributed by atoms with E-state index in [-0.39, 0.29) is 12.0 Å². The smallest absolute Gasteiger partial charge is 0.275 e. The summed E-state index contributed by atoms with van der Waals surface area (Å²) in [5.74, 6) is -0.0452. The summed E-state index contributed by atoms with van der Waals surface area (Å²) in [7, 11) is 1.87. The molecule has 2 aromatic heterocycles. The molecule has 6 nitrogen and oxygen atoms in total. The van der Waals surface area contributed by atoms with E-state index in [0.717, 1.165) is 23.1 Å². The van der Waals surface area contributed by atoms with Gasteiger partial charge in [-0.1, -0.05) is 18.2 Å². The number of benzene rings is 1. The summed E-state index contributed by atoms with van der Waals surface area (Å²) < 4.78 is 9.80. The van der Waals surface area contributed by atoms with Gasteiger partial charge in [-0.25, -0.2) is 0 Å². The average Bonchev–Trinajstić information content (AvgIpc) is 3.14. The molecule has 0 saturated heterocycles. The van der Waals surface area contributed by atoms with Gasteiger partial charge in [0.2, 0.25) is 0 Å². The van der Waals surface area contributed by atoms with Gasteiger partial charge in [-0.15, -0.1) is 0 Å². The van der Waals surface area contributed by atoms with E-state index in [1.54, 1.807) is 4.68 Å². The van der Waals surface area contributed by atoms with Crippen LogP contribution in [0, 0.1) is 0 Å². The minimum Gasteiger partial charge on any atom is -0.375 e. The maximum Gasteiger partial charge on any atom is 0.275 e. The van der Waals surface area contributed by atoms with Crippen molar-refractivity contribution < 1.29 is 9.53 Å². The predicted octanol–water partition coefficient (Wildman–Crippen LogP) is 2.44. The summed E-state index contributed by atoms with van der Waals surface area (Å²) >= 11 is 0. The molecule has 1 aliphatic rings. The van der Waals surface area contributed by atoms with Crippen molar-refractivity contribution in [2.45, 2.75) is 26.1 Å². The Kier molecular flexibility index (Phi) is 4.05. The zero-order valence-electron chi connectivity index (χ0n) is 14.6. The number of rotatable bonds is 3. The third-order valence-electron chi connectivity index (χ3n) is 4.75. The molecule has 0 saturated carbocycles. The molecule has 130 valence electrons. The first-order chi connectivity index (χ1) is 12.2. The van der Waals surface area contributed by atoms with Gasteiger partial charge < -0.3 is 14.2 Å². The molecule has 6 heteroatoms. The number of amides is 1. The molecule has 1 aliphatic heterocycles. The maximum atomic E-state index is 13.2. The van der Waals surface area contributed by atoms with Crippen molar-refractivity contribution in [1.29, 1.82) is 0 Å². The number of para-hydroxylation sites is 1. The summed E-state index contributed by atoms with van der Waals surface area (Å²) in [6, 6.07) is 11.9. The summed E-state index contributed by atoms with van der Waals surface area (Å²) in [5.41, 5.74) is 2.59. The molecule has 0 fully saturated rings. The fraction of sp³-hybridized carbons (Fsp3) is 0.368. The van der Waals surface area contributed by atoms with Crippen LogP contribution in [-0.4, -0.2) is 44.4 Å². The lowest BCUT2D eigenvalue weighted by Gasteiger charge is -2.23. The van der Waals surface area contributed by atoms with Crippen LogP contribution in [0.2, 0.25) is 0 Å². The van der Waals surface area contributed by atoms with E-state index in [0.29, 0.717) is 25.4 Å². The average molecular weight is 338 g/mol. The molecule has 1 aromatic carbocycles. The van der Waals surface area contributed by atoms with Crippen molar-refractivity contribution in [2.24, 2.45) is 7.05 Å². The number of ether oxygens (including phenoxy) is 1. The van der Waals surface area contributed by atoms with Gasteiger partial charge in [-0.05, 0) is 25.1 Å². The topological polar surface area (TPSA) is 52.3 Å². The fourth-order valence-electron chi connectivity index (χ4n) is 3.57. The van der Waals surface area contributed by atoms with E-state index in [2.05, 4.69) is 15.7 Å². The molecule has 0 spiro atoms. The van der Waals surface area contributed by atoms with E-state index in [1.165, 1.54) is 0 Å². The molecule has 0 aliphatic carbocycles.